The van der Waals surface area contributed by atoms with E-state index in [0.717, 1.165) is 6.08 Å². The molecule has 0 spiro atoms. The molecule has 0 saturated heterocycles. The van der Waals surface area contributed by atoms with E-state index in [0.29, 0.717) is 0 Å². The van der Waals surface area contributed by atoms with Crippen LogP contribution < -0.4 is 0 Å². The van der Waals surface area contributed by atoms with Gasteiger partial charge in [0.15, 0.2) is 6.17 Å². The zero-order valence-corrected chi connectivity index (χ0v) is 5.17. The van der Waals surface area contributed by atoms with Gasteiger partial charge in [0.25, 0.3) is 0 Å². The number of aliphatic carboxylic acids is 1. The monoisotopic (exact) mass is 141 g/mol. The molecule has 0 saturated carbocycles. The molecule has 0 fully saturated rings. The van der Waals surface area contributed by atoms with Crippen molar-refractivity contribution in [2.45, 2.75) is 6.42 Å². The van der Waals surface area contributed by atoms with Gasteiger partial charge in [0.2, 0.25) is 0 Å². The fourth-order valence-electron chi connectivity index (χ4n) is 0.707. The van der Waals surface area contributed by atoms with Gasteiger partial charge in [-0.3, -0.25) is 0 Å². The Balaban J connectivity index is 2.76. The molecule has 0 atom stereocenters. The van der Waals surface area contributed by atoms with Gasteiger partial charge in [-0.1, -0.05) is 12.2 Å². The predicted molar refractivity (Wildman–Crippen MR) is 33.8 cm³/mol. The molecule has 0 aromatic heterocycles. The van der Waals surface area contributed by atoms with Crippen LogP contribution in [0.3, 0.4) is 0 Å². The molecule has 1 aliphatic rings. The summed E-state index contributed by atoms with van der Waals surface area (Å²) >= 11 is 0. The van der Waals surface area contributed by atoms with Crippen LogP contribution in [0.4, 0.5) is 4.39 Å². The van der Waals surface area contributed by atoms with Gasteiger partial charge in [-0.2, -0.15) is 0 Å². The van der Waals surface area contributed by atoms with Gasteiger partial charge in [-0.25, -0.2) is 9.18 Å². The SMILES string of the molecule is O=C(O)C1=C[C](F)CC=C1. The van der Waals surface area contributed by atoms with Crippen LogP contribution in [0.5, 0.6) is 0 Å². The van der Waals surface area contributed by atoms with Crippen molar-refractivity contribution in [2.75, 3.05) is 0 Å². The summed E-state index contributed by atoms with van der Waals surface area (Å²) in [5.74, 6) is -1.09. The Hall–Kier alpha value is -1.12. The third kappa shape index (κ3) is 1.43. The average molecular weight is 141 g/mol. The van der Waals surface area contributed by atoms with Crippen LogP contribution >= 0.6 is 0 Å². The maximum atomic E-state index is 12.3. The third-order valence-corrected chi connectivity index (χ3v) is 1.17. The second-order valence-electron chi connectivity index (χ2n) is 1.96. The molecule has 0 bridgehead atoms. The number of carboxylic acid groups (broad SMARTS) is 1. The number of hydrogen-bond donors (Lipinski definition) is 1. The lowest BCUT2D eigenvalue weighted by Gasteiger charge is -2.03. The molecule has 0 aliphatic heterocycles. The lowest BCUT2D eigenvalue weighted by molar-refractivity contribution is -0.132. The first-order valence-electron chi connectivity index (χ1n) is 2.83. The van der Waals surface area contributed by atoms with E-state index in [1.807, 2.05) is 0 Å². The summed E-state index contributed by atoms with van der Waals surface area (Å²) < 4.78 is 12.3. The molecule has 10 heavy (non-hydrogen) atoms. The second kappa shape index (κ2) is 2.64. The maximum Gasteiger partial charge on any atom is 0.335 e. The Morgan fingerprint density at radius 3 is 2.80 bits per heavy atom. The molecule has 0 unspecified atom stereocenters. The molecule has 3 heteroatoms. The lowest BCUT2D eigenvalue weighted by atomic mass is 10.1. The van der Waals surface area contributed by atoms with E-state index in [2.05, 4.69) is 0 Å². The molecule has 0 amide bonds. The van der Waals surface area contributed by atoms with Crippen LogP contribution in [0.1, 0.15) is 6.42 Å². The van der Waals surface area contributed by atoms with E-state index in [4.69, 9.17) is 5.11 Å². The van der Waals surface area contributed by atoms with Gasteiger partial charge in [0.1, 0.15) is 0 Å². The van der Waals surface area contributed by atoms with Gasteiger partial charge >= 0.3 is 5.97 Å². The molecular weight excluding hydrogens is 135 g/mol. The van der Waals surface area contributed by atoms with Crippen molar-refractivity contribution in [1.29, 1.82) is 0 Å². The molecule has 1 aliphatic carbocycles. The topological polar surface area (TPSA) is 37.3 Å². The van der Waals surface area contributed by atoms with Crippen molar-refractivity contribution in [1.82, 2.24) is 0 Å². The Bertz CT molecular complexity index is 206. The van der Waals surface area contributed by atoms with Crippen LogP contribution in [0.2, 0.25) is 0 Å². The van der Waals surface area contributed by atoms with Crippen LogP contribution in [-0.4, -0.2) is 11.1 Å². The van der Waals surface area contributed by atoms with Crippen LogP contribution in [0.15, 0.2) is 23.8 Å². The highest BCUT2D eigenvalue weighted by atomic mass is 19.1. The summed E-state index contributed by atoms with van der Waals surface area (Å²) in [6.45, 7) is 0. The molecule has 53 valence electrons. The zero-order chi connectivity index (χ0) is 7.56. The summed E-state index contributed by atoms with van der Waals surface area (Å²) in [6, 6.07) is 0. The molecule has 1 N–H and O–H groups in total. The van der Waals surface area contributed by atoms with Crippen molar-refractivity contribution >= 4 is 5.97 Å². The highest BCUT2D eigenvalue weighted by Crippen LogP contribution is 2.19. The van der Waals surface area contributed by atoms with Gasteiger partial charge in [-0.15, -0.1) is 0 Å². The number of carboxylic acids is 1. The fourth-order valence-corrected chi connectivity index (χ4v) is 0.707. The van der Waals surface area contributed by atoms with Crippen molar-refractivity contribution in [3.8, 4) is 0 Å². The fraction of sp³-hybridized carbons (Fsp3) is 0.143. The first-order valence-corrected chi connectivity index (χ1v) is 2.83. The maximum absolute atomic E-state index is 12.3. The van der Waals surface area contributed by atoms with E-state index < -0.39 is 12.1 Å². The number of carbonyl (C=O) groups is 1. The van der Waals surface area contributed by atoms with E-state index >= 15 is 0 Å². The Morgan fingerprint density at radius 2 is 2.40 bits per heavy atom. The van der Waals surface area contributed by atoms with Gasteiger partial charge in [-0.05, 0) is 6.08 Å². The molecule has 1 rings (SSSR count). The number of halogens is 1. The summed E-state index contributed by atoms with van der Waals surface area (Å²) in [6.07, 6.45) is 3.71. The quantitative estimate of drug-likeness (QED) is 0.600. The summed E-state index contributed by atoms with van der Waals surface area (Å²) in [5, 5.41) is 8.36. The van der Waals surface area contributed by atoms with Gasteiger partial charge in [0, 0.05) is 6.42 Å². The zero-order valence-electron chi connectivity index (χ0n) is 5.17. The van der Waals surface area contributed by atoms with Crippen molar-refractivity contribution < 1.29 is 14.3 Å². The molecule has 2 nitrogen and oxygen atoms in total. The standard InChI is InChI=1S/C7H6FO2/c8-6-3-1-2-5(4-6)7(9)10/h1-2,4H,3H2,(H,9,10). The minimum absolute atomic E-state index is 0.00347. The number of hydrogen-bond acceptors (Lipinski definition) is 1. The van der Waals surface area contributed by atoms with Crippen molar-refractivity contribution in [3.63, 3.8) is 0 Å². The van der Waals surface area contributed by atoms with Crippen LogP contribution in [-0.2, 0) is 4.79 Å². The highest BCUT2D eigenvalue weighted by molar-refractivity contribution is 5.90. The Kier molecular flexibility index (Phi) is 1.85. The first-order chi connectivity index (χ1) is 4.70. The highest BCUT2D eigenvalue weighted by Gasteiger charge is 2.12. The average Bonchev–Trinajstić information content (AvgIpc) is 1.88. The van der Waals surface area contributed by atoms with Crippen LogP contribution in [0, 0.1) is 6.17 Å². The van der Waals surface area contributed by atoms with E-state index in [1.165, 1.54) is 12.2 Å². The van der Waals surface area contributed by atoms with Crippen LogP contribution in [0.25, 0.3) is 0 Å². The summed E-state index contributed by atoms with van der Waals surface area (Å²) in [5.41, 5.74) is 0.00347. The minimum atomic E-state index is -1.09. The molecule has 0 aromatic rings. The molecule has 0 heterocycles. The minimum Gasteiger partial charge on any atom is -0.478 e. The number of allylic oxidation sites excluding steroid dienone is 2. The van der Waals surface area contributed by atoms with E-state index in [-0.39, 0.29) is 12.0 Å². The third-order valence-electron chi connectivity index (χ3n) is 1.17. The van der Waals surface area contributed by atoms with E-state index in [1.54, 1.807) is 0 Å². The normalized spacial score (nSPS) is 18.7. The smallest absolute Gasteiger partial charge is 0.335 e. The van der Waals surface area contributed by atoms with Crippen molar-refractivity contribution in [3.05, 3.63) is 30.0 Å². The molecular formula is C7H6FO2. The summed E-state index contributed by atoms with van der Waals surface area (Å²) in [4.78, 5) is 10.2. The summed E-state index contributed by atoms with van der Waals surface area (Å²) in [7, 11) is 0. The molecule has 1 radical (unpaired) electrons. The van der Waals surface area contributed by atoms with Gasteiger partial charge in [0.05, 0.1) is 5.57 Å². The Morgan fingerprint density at radius 1 is 1.70 bits per heavy atom. The first kappa shape index (κ1) is 6.99. The van der Waals surface area contributed by atoms with Crippen molar-refractivity contribution in [2.24, 2.45) is 0 Å². The predicted octanol–water partition coefficient (Wildman–Crippen LogP) is 1.46. The van der Waals surface area contributed by atoms with E-state index in [9.17, 15) is 9.18 Å². The Labute approximate surface area is 57.7 Å². The largest absolute Gasteiger partial charge is 0.478 e. The lowest BCUT2D eigenvalue weighted by Crippen LogP contribution is -2.02. The molecule has 0 aromatic carbocycles. The van der Waals surface area contributed by atoms with Gasteiger partial charge < -0.3 is 5.11 Å². The number of rotatable bonds is 1. The second-order valence-corrected chi connectivity index (χ2v) is 1.96.